The molecule has 0 spiro atoms. The number of nitrogens with zero attached hydrogens (tertiary/aromatic N) is 3. The first-order valence-corrected chi connectivity index (χ1v) is 6.32. The van der Waals surface area contributed by atoms with E-state index in [1.807, 2.05) is 11.8 Å². The Morgan fingerprint density at radius 3 is 3.00 bits per heavy atom. The molecule has 1 unspecified atom stereocenters. The van der Waals surface area contributed by atoms with E-state index in [9.17, 15) is 10.1 Å². The third-order valence-corrected chi connectivity index (χ3v) is 3.19. The smallest absolute Gasteiger partial charge is 0.311 e. The Labute approximate surface area is 111 Å². The first-order chi connectivity index (χ1) is 9.15. The number of aromatic nitrogens is 1. The van der Waals surface area contributed by atoms with Gasteiger partial charge in [0, 0.05) is 32.8 Å². The normalized spacial score (nSPS) is 18.6. The lowest BCUT2D eigenvalue weighted by atomic mass is 10.3. The van der Waals surface area contributed by atoms with Crippen molar-refractivity contribution in [2.75, 3.05) is 37.0 Å². The third-order valence-electron chi connectivity index (χ3n) is 3.19. The van der Waals surface area contributed by atoms with Crippen LogP contribution >= 0.6 is 0 Å². The van der Waals surface area contributed by atoms with Gasteiger partial charge in [-0.3, -0.25) is 10.1 Å². The molecule has 0 saturated carbocycles. The zero-order valence-electron chi connectivity index (χ0n) is 11.1. The molecule has 1 aromatic heterocycles. The molecule has 1 N–H and O–H groups in total. The molecule has 0 radical (unpaired) electrons. The highest BCUT2D eigenvalue weighted by atomic mass is 16.6. The van der Waals surface area contributed by atoms with E-state index in [1.54, 1.807) is 13.2 Å². The molecule has 7 heteroatoms. The maximum absolute atomic E-state index is 11.1. The van der Waals surface area contributed by atoms with Crippen molar-refractivity contribution in [2.24, 2.45) is 0 Å². The number of rotatable bonds is 5. The van der Waals surface area contributed by atoms with E-state index < -0.39 is 4.92 Å². The predicted molar refractivity (Wildman–Crippen MR) is 72.7 cm³/mol. The van der Waals surface area contributed by atoms with Crippen molar-refractivity contribution >= 4 is 17.3 Å². The molecule has 1 fully saturated rings. The molecule has 1 atom stereocenters. The van der Waals surface area contributed by atoms with Gasteiger partial charge in [-0.1, -0.05) is 0 Å². The zero-order valence-corrected chi connectivity index (χ0v) is 11.1. The van der Waals surface area contributed by atoms with E-state index >= 15 is 0 Å². The van der Waals surface area contributed by atoms with Gasteiger partial charge in [-0.05, 0) is 19.4 Å². The van der Waals surface area contributed by atoms with Crippen LogP contribution in [0.4, 0.5) is 17.3 Å². The highest BCUT2D eigenvalue weighted by Gasteiger charge is 2.29. The summed E-state index contributed by atoms with van der Waals surface area (Å²) in [6, 6.07) is 3.13. The Bertz CT molecular complexity index is 466. The topological polar surface area (TPSA) is 80.5 Å². The number of nitrogens with one attached hydrogen (secondary N) is 1. The maximum Gasteiger partial charge on any atom is 0.311 e. The molecular formula is C12H18N4O3. The molecule has 7 nitrogen and oxygen atoms in total. The van der Waals surface area contributed by atoms with E-state index in [4.69, 9.17) is 4.74 Å². The average Bonchev–Trinajstić information content (AvgIpc) is 2.87. The first-order valence-electron chi connectivity index (χ1n) is 6.32. The van der Waals surface area contributed by atoms with Gasteiger partial charge >= 0.3 is 5.69 Å². The van der Waals surface area contributed by atoms with Crippen LogP contribution < -0.4 is 10.2 Å². The highest BCUT2D eigenvalue weighted by Crippen LogP contribution is 2.30. The molecule has 104 valence electrons. The lowest BCUT2D eigenvalue weighted by Gasteiger charge is -2.18. The van der Waals surface area contributed by atoms with E-state index in [0.29, 0.717) is 18.2 Å². The van der Waals surface area contributed by atoms with E-state index in [1.165, 1.54) is 6.07 Å². The van der Waals surface area contributed by atoms with Crippen molar-refractivity contribution in [1.29, 1.82) is 0 Å². The fraction of sp³-hybridized carbons (Fsp3) is 0.583. The van der Waals surface area contributed by atoms with Crippen LogP contribution in [0, 0.1) is 10.1 Å². The molecule has 2 rings (SSSR count). The number of ether oxygens (including phenoxy) is 1. The Kier molecular flexibility index (Phi) is 4.16. The molecule has 0 amide bonds. The molecule has 1 saturated heterocycles. The molecule has 1 aromatic rings. The minimum absolute atomic E-state index is 0.0402. The third kappa shape index (κ3) is 2.93. The quantitative estimate of drug-likeness (QED) is 0.644. The monoisotopic (exact) mass is 266 g/mol. The molecule has 0 bridgehead atoms. The van der Waals surface area contributed by atoms with Crippen molar-refractivity contribution in [3.05, 3.63) is 22.2 Å². The summed E-state index contributed by atoms with van der Waals surface area (Å²) in [4.78, 5) is 17.0. The molecule has 19 heavy (non-hydrogen) atoms. The van der Waals surface area contributed by atoms with Gasteiger partial charge in [-0.25, -0.2) is 4.98 Å². The predicted octanol–water partition coefficient (Wildman–Crippen LogP) is 1.65. The Morgan fingerprint density at radius 2 is 2.42 bits per heavy atom. The fourth-order valence-corrected chi connectivity index (χ4v) is 2.21. The summed E-state index contributed by atoms with van der Waals surface area (Å²) < 4.78 is 5.29. The molecule has 1 aliphatic heterocycles. The number of pyridine rings is 1. The maximum atomic E-state index is 11.1. The van der Waals surface area contributed by atoms with Crippen LogP contribution in [0.3, 0.4) is 0 Å². The van der Waals surface area contributed by atoms with Crippen LogP contribution in [0.2, 0.25) is 0 Å². The van der Waals surface area contributed by atoms with Gasteiger partial charge in [-0.15, -0.1) is 0 Å². The second-order valence-electron chi connectivity index (χ2n) is 4.42. The molecular weight excluding hydrogens is 248 g/mol. The average molecular weight is 266 g/mol. The summed E-state index contributed by atoms with van der Waals surface area (Å²) in [5.74, 6) is 1.08. The van der Waals surface area contributed by atoms with Crippen LogP contribution in [0.25, 0.3) is 0 Å². The number of nitro groups is 1. The number of hydrogen-bond donors (Lipinski definition) is 1. The fourth-order valence-electron chi connectivity index (χ4n) is 2.21. The highest BCUT2D eigenvalue weighted by molar-refractivity contribution is 5.62. The van der Waals surface area contributed by atoms with Crippen LogP contribution in [0.1, 0.15) is 13.3 Å². The van der Waals surface area contributed by atoms with Crippen LogP contribution in [0.5, 0.6) is 0 Å². The summed E-state index contributed by atoms with van der Waals surface area (Å²) in [5, 5.41) is 14.2. The van der Waals surface area contributed by atoms with Gasteiger partial charge in [0.1, 0.15) is 5.82 Å². The summed E-state index contributed by atoms with van der Waals surface area (Å²) in [6.07, 6.45) is 0.977. The summed E-state index contributed by atoms with van der Waals surface area (Å²) in [6.45, 7) is 4.05. The van der Waals surface area contributed by atoms with Crippen LogP contribution in [-0.2, 0) is 4.74 Å². The van der Waals surface area contributed by atoms with E-state index in [0.717, 1.165) is 19.5 Å². The van der Waals surface area contributed by atoms with Gasteiger partial charge in [0.05, 0.1) is 11.0 Å². The van der Waals surface area contributed by atoms with Gasteiger partial charge in [0.15, 0.2) is 0 Å². The van der Waals surface area contributed by atoms with Crippen molar-refractivity contribution in [1.82, 2.24) is 4.98 Å². The number of anilines is 2. The Hall–Kier alpha value is -1.89. The first kappa shape index (κ1) is 13.5. The summed E-state index contributed by atoms with van der Waals surface area (Å²) in [7, 11) is 1.66. The number of hydrogen-bond acceptors (Lipinski definition) is 6. The van der Waals surface area contributed by atoms with Crippen molar-refractivity contribution in [3.63, 3.8) is 0 Å². The van der Waals surface area contributed by atoms with Crippen molar-refractivity contribution < 1.29 is 9.66 Å². The molecule has 0 aliphatic carbocycles. The summed E-state index contributed by atoms with van der Waals surface area (Å²) >= 11 is 0. The van der Waals surface area contributed by atoms with Crippen LogP contribution in [0.15, 0.2) is 12.1 Å². The SMILES string of the molecule is CCNc1ccc([N+](=O)[O-])c(N2CCC(OC)C2)n1. The Balaban J connectivity index is 2.30. The second kappa shape index (κ2) is 5.83. The van der Waals surface area contributed by atoms with Crippen LogP contribution in [-0.4, -0.2) is 42.8 Å². The molecule has 2 heterocycles. The number of methoxy groups -OCH3 is 1. The minimum atomic E-state index is -0.391. The van der Waals surface area contributed by atoms with Gasteiger partial charge in [-0.2, -0.15) is 0 Å². The van der Waals surface area contributed by atoms with E-state index in [-0.39, 0.29) is 11.8 Å². The Morgan fingerprint density at radius 1 is 1.63 bits per heavy atom. The standard InChI is InChI=1S/C12H18N4O3/c1-3-13-11-5-4-10(16(17)18)12(14-11)15-7-6-9(8-15)19-2/h4-5,9H,3,6-8H2,1-2H3,(H,13,14). The minimum Gasteiger partial charge on any atom is -0.380 e. The second-order valence-corrected chi connectivity index (χ2v) is 4.42. The molecule has 0 aromatic carbocycles. The van der Waals surface area contributed by atoms with E-state index in [2.05, 4.69) is 10.3 Å². The lowest BCUT2D eigenvalue weighted by Crippen LogP contribution is -2.24. The van der Waals surface area contributed by atoms with Gasteiger partial charge < -0.3 is 15.0 Å². The molecule has 1 aliphatic rings. The van der Waals surface area contributed by atoms with Gasteiger partial charge in [0.25, 0.3) is 0 Å². The zero-order chi connectivity index (χ0) is 13.8. The lowest BCUT2D eigenvalue weighted by molar-refractivity contribution is -0.384. The van der Waals surface area contributed by atoms with Gasteiger partial charge in [0.2, 0.25) is 5.82 Å². The van der Waals surface area contributed by atoms with Crippen molar-refractivity contribution in [2.45, 2.75) is 19.4 Å². The largest absolute Gasteiger partial charge is 0.380 e. The van der Waals surface area contributed by atoms with Crippen molar-refractivity contribution in [3.8, 4) is 0 Å². The summed E-state index contributed by atoms with van der Waals surface area (Å²) in [5.41, 5.74) is 0.0402.